The van der Waals surface area contributed by atoms with Gasteiger partial charge in [-0.05, 0) is 61.4 Å². The Morgan fingerprint density at radius 1 is 0.969 bits per heavy atom. The van der Waals surface area contributed by atoms with Crippen LogP contribution >= 0.6 is 0 Å². The van der Waals surface area contributed by atoms with Gasteiger partial charge >= 0.3 is 0 Å². The summed E-state index contributed by atoms with van der Waals surface area (Å²) in [7, 11) is 3.13. The average Bonchev–Trinajstić information content (AvgIpc) is 3.23. The minimum absolute atomic E-state index is 0.0981. The number of aromatic nitrogens is 3. The first-order chi connectivity index (χ1) is 15.4. The Kier molecular flexibility index (Phi) is 5.68. The number of nitrogens with one attached hydrogen (secondary N) is 1. The van der Waals surface area contributed by atoms with Gasteiger partial charge in [-0.1, -0.05) is 6.07 Å². The van der Waals surface area contributed by atoms with Crippen LogP contribution in [-0.2, 0) is 11.3 Å². The lowest BCUT2D eigenvalue weighted by Crippen LogP contribution is -2.28. The van der Waals surface area contributed by atoms with Crippen molar-refractivity contribution in [3.63, 3.8) is 0 Å². The van der Waals surface area contributed by atoms with Gasteiger partial charge in [-0.15, -0.1) is 0 Å². The Bertz CT molecular complexity index is 1370. The lowest BCUT2D eigenvalue weighted by molar-refractivity contribution is -0.116. The predicted molar refractivity (Wildman–Crippen MR) is 123 cm³/mol. The summed E-state index contributed by atoms with van der Waals surface area (Å²) >= 11 is 0. The molecule has 0 saturated carbocycles. The van der Waals surface area contributed by atoms with Crippen molar-refractivity contribution >= 4 is 17.1 Å². The molecule has 4 rings (SSSR count). The minimum atomic E-state index is -0.304. The molecule has 0 bridgehead atoms. The van der Waals surface area contributed by atoms with E-state index in [4.69, 9.17) is 9.47 Å². The molecule has 2 aromatic carbocycles. The topological polar surface area (TPSA) is 86.9 Å². The van der Waals surface area contributed by atoms with Gasteiger partial charge < -0.3 is 19.4 Å². The first-order valence-electron chi connectivity index (χ1n) is 10.1. The number of rotatable bonds is 6. The molecule has 8 heteroatoms. The van der Waals surface area contributed by atoms with Crippen LogP contribution in [0.15, 0.2) is 59.7 Å². The molecule has 4 aromatic rings. The molecule has 0 atom stereocenters. The van der Waals surface area contributed by atoms with Crippen molar-refractivity contribution in [3.8, 4) is 22.8 Å². The number of hydrogen-bond donors (Lipinski definition) is 1. The quantitative estimate of drug-likeness (QED) is 0.504. The van der Waals surface area contributed by atoms with Gasteiger partial charge in [0, 0.05) is 23.6 Å². The highest BCUT2D eigenvalue weighted by Crippen LogP contribution is 2.31. The van der Waals surface area contributed by atoms with Crippen LogP contribution in [0.2, 0.25) is 0 Å². The van der Waals surface area contributed by atoms with Crippen molar-refractivity contribution in [1.29, 1.82) is 0 Å². The van der Waals surface area contributed by atoms with Crippen molar-refractivity contribution in [1.82, 2.24) is 14.2 Å². The summed E-state index contributed by atoms with van der Waals surface area (Å²) in [4.78, 5) is 25.5. The van der Waals surface area contributed by atoms with Gasteiger partial charge in [0.1, 0.15) is 12.1 Å². The van der Waals surface area contributed by atoms with Crippen LogP contribution in [0.1, 0.15) is 11.1 Å². The molecule has 0 saturated heterocycles. The molecule has 0 aliphatic rings. The summed E-state index contributed by atoms with van der Waals surface area (Å²) in [6.07, 6.45) is 3.21. The summed E-state index contributed by atoms with van der Waals surface area (Å²) in [5, 5.41) is 7.33. The van der Waals surface area contributed by atoms with Gasteiger partial charge in [0.25, 0.3) is 5.56 Å². The van der Waals surface area contributed by atoms with Gasteiger partial charge in [-0.3, -0.25) is 9.59 Å². The van der Waals surface area contributed by atoms with Crippen LogP contribution in [0.25, 0.3) is 16.8 Å². The summed E-state index contributed by atoms with van der Waals surface area (Å²) in [5.74, 6) is 0.902. The zero-order valence-corrected chi connectivity index (χ0v) is 18.4. The summed E-state index contributed by atoms with van der Waals surface area (Å²) in [5.41, 5.74) is 4.40. The number of hydrogen-bond acceptors (Lipinski definition) is 5. The van der Waals surface area contributed by atoms with Crippen LogP contribution < -0.4 is 20.3 Å². The van der Waals surface area contributed by atoms with E-state index in [-0.39, 0.29) is 18.0 Å². The second-order valence-electron chi connectivity index (χ2n) is 7.51. The number of nitrogens with zero attached hydrogens (tertiary/aromatic N) is 3. The zero-order chi connectivity index (χ0) is 22.8. The first-order valence-corrected chi connectivity index (χ1v) is 10.1. The largest absolute Gasteiger partial charge is 0.493 e. The van der Waals surface area contributed by atoms with E-state index in [1.807, 2.05) is 38.1 Å². The van der Waals surface area contributed by atoms with E-state index in [2.05, 4.69) is 10.4 Å². The number of amides is 1. The molecule has 0 radical (unpaired) electrons. The van der Waals surface area contributed by atoms with Crippen molar-refractivity contribution in [2.45, 2.75) is 20.4 Å². The van der Waals surface area contributed by atoms with E-state index in [0.717, 1.165) is 16.7 Å². The Labute approximate surface area is 185 Å². The number of benzene rings is 2. The number of methoxy groups -OCH3 is 2. The van der Waals surface area contributed by atoms with E-state index in [1.165, 1.54) is 9.08 Å². The molecular weight excluding hydrogens is 408 g/mol. The van der Waals surface area contributed by atoms with E-state index in [1.54, 1.807) is 44.8 Å². The highest BCUT2D eigenvalue weighted by molar-refractivity contribution is 5.90. The third-order valence-corrected chi connectivity index (χ3v) is 5.39. The molecule has 32 heavy (non-hydrogen) atoms. The second-order valence-corrected chi connectivity index (χ2v) is 7.51. The maximum absolute atomic E-state index is 13.0. The third-order valence-electron chi connectivity index (χ3n) is 5.39. The zero-order valence-electron chi connectivity index (χ0n) is 18.4. The summed E-state index contributed by atoms with van der Waals surface area (Å²) < 4.78 is 13.5. The molecule has 0 spiro atoms. The number of fused-ring (bicyclic) bond motifs is 1. The molecular formula is C24H24N4O4. The first kappa shape index (κ1) is 21.2. The Balaban J connectivity index is 1.60. The molecule has 8 nitrogen and oxygen atoms in total. The van der Waals surface area contributed by atoms with E-state index >= 15 is 0 Å². The highest BCUT2D eigenvalue weighted by Gasteiger charge is 2.13. The van der Waals surface area contributed by atoms with Crippen LogP contribution in [0.3, 0.4) is 0 Å². The van der Waals surface area contributed by atoms with Crippen LogP contribution in [0.5, 0.6) is 11.5 Å². The molecule has 2 heterocycles. The van der Waals surface area contributed by atoms with E-state index in [9.17, 15) is 9.59 Å². The molecule has 0 fully saturated rings. The van der Waals surface area contributed by atoms with Crippen LogP contribution in [0.4, 0.5) is 5.69 Å². The number of anilines is 1. The predicted octanol–water partition coefficient (Wildman–Crippen LogP) is 3.44. The molecule has 1 N–H and O–H groups in total. The molecule has 2 aromatic heterocycles. The average molecular weight is 432 g/mol. The third kappa shape index (κ3) is 4.07. The van der Waals surface area contributed by atoms with Gasteiger partial charge in [-0.2, -0.15) is 5.10 Å². The summed E-state index contributed by atoms with van der Waals surface area (Å²) in [6, 6.07) is 12.8. The molecule has 0 aliphatic heterocycles. The maximum Gasteiger partial charge on any atom is 0.277 e. The monoisotopic (exact) mass is 432 g/mol. The second kappa shape index (κ2) is 8.58. The Hall–Kier alpha value is -4.07. The van der Waals surface area contributed by atoms with Crippen molar-refractivity contribution < 1.29 is 14.3 Å². The summed E-state index contributed by atoms with van der Waals surface area (Å²) in [6.45, 7) is 3.90. The highest BCUT2D eigenvalue weighted by atomic mass is 16.5. The normalized spacial score (nSPS) is 10.9. The maximum atomic E-state index is 13.0. The van der Waals surface area contributed by atoms with Crippen LogP contribution in [0, 0.1) is 13.8 Å². The van der Waals surface area contributed by atoms with Crippen LogP contribution in [-0.4, -0.2) is 34.3 Å². The Morgan fingerprint density at radius 2 is 1.75 bits per heavy atom. The van der Waals surface area contributed by atoms with E-state index in [0.29, 0.717) is 28.4 Å². The van der Waals surface area contributed by atoms with Gasteiger partial charge in [0.15, 0.2) is 11.5 Å². The number of aryl methyl sites for hydroxylation is 2. The number of ether oxygens (including phenoxy) is 2. The van der Waals surface area contributed by atoms with Crippen molar-refractivity contribution in [2.75, 3.05) is 19.5 Å². The number of carbonyl (C=O) groups is 1. The fraction of sp³-hybridized carbons (Fsp3) is 0.208. The van der Waals surface area contributed by atoms with Gasteiger partial charge in [0.2, 0.25) is 5.91 Å². The standard InChI is InChI=1S/C24H24N4O4/c1-15-5-7-18(11-16(15)2)25-23(29)14-27-9-10-28-20(24(27)30)13-19(26-28)17-6-8-21(31-3)22(12-17)32-4/h5-13H,14H2,1-4H3,(H,25,29). The van der Waals surface area contributed by atoms with E-state index < -0.39 is 0 Å². The van der Waals surface area contributed by atoms with Crippen molar-refractivity contribution in [3.05, 3.63) is 76.3 Å². The fourth-order valence-corrected chi connectivity index (χ4v) is 3.46. The SMILES string of the molecule is COc1ccc(-c2cc3c(=O)n(CC(=O)Nc4ccc(C)c(C)c4)ccn3n2)cc1OC. The molecule has 0 aliphatic carbocycles. The van der Waals surface area contributed by atoms with Gasteiger partial charge in [0.05, 0.1) is 19.9 Å². The molecule has 1 amide bonds. The van der Waals surface area contributed by atoms with Crippen molar-refractivity contribution in [2.24, 2.45) is 0 Å². The molecule has 0 unspecified atom stereocenters. The Morgan fingerprint density at radius 3 is 2.47 bits per heavy atom. The smallest absolute Gasteiger partial charge is 0.277 e. The lowest BCUT2D eigenvalue weighted by Gasteiger charge is -2.09. The fourth-order valence-electron chi connectivity index (χ4n) is 3.46. The van der Waals surface area contributed by atoms with Gasteiger partial charge in [-0.25, -0.2) is 4.52 Å². The number of carbonyl (C=O) groups excluding carboxylic acids is 1. The lowest BCUT2D eigenvalue weighted by atomic mass is 10.1. The molecule has 164 valence electrons. The minimum Gasteiger partial charge on any atom is -0.493 e.